The zero-order valence-electron chi connectivity index (χ0n) is 19.2. The van der Waals surface area contributed by atoms with Crippen molar-refractivity contribution in [2.75, 3.05) is 26.2 Å². The van der Waals surface area contributed by atoms with Crippen LogP contribution < -0.4 is 0 Å². The van der Waals surface area contributed by atoms with Crippen LogP contribution in [-0.2, 0) is 16.6 Å². The van der Waals surface area contributed by atoms with E-state index in [-0.39, 0.29) is 23.9 Å². The van der Waals surface area contributed by atoms with E-state index in [1.165, 1.54) is 4.31 Å². The van der Waals surface area contributed by atoms with E-state index in [9.17, 15) is 13.2 Å². The fourth-order valence-corrected chi connectivity index (χ4v) is 5.78. The molecule has 0 unspecified atom stereocenters. The summed E-state index contributed by atoms with van der Waals surface area (Å²) in [7, 11) is -3.56. The van der Waals surface area contributed by atoms with E-state index in [0.29, 0.717) is 25.2 Å². The van der Waals surface area contributed by atoms with Gasteiger partial charge in [0.2, 0.25) is 10.0 Å². The highest BCUT2D eigenvalue weighted by Crippen LogP contribution is 2.26. The summed E-state index contributed by atoms with van der Waals surface area (Å²) < 4.78 is 29.2. The molecule has 0 bridgehead atoms. The van der Waals surface area contributed by atoms with Gasteiger partial charge in [-0.3, -0.25) is 9.48 Å². The Bertz CT molecular complexity index is 1390. The molecule has 3 aromatic carbocycles. The largest absolute Gasteiger partial charge is 0.336 e. The van der Waals surface area contributed by atoms with E-state index in [1.54, 1.807) is 41.4 Å². The van der Waals surface area contributed by atoms with E-state index in [2.05, 4.69) is 5.10 Å². The monoisotopic (exact) mass is 486 g/mol. The van der Waals surface area contributed by atoms with Crippen LogP contribution in [0, 0.1) is 0 Å². The number of aromatic nitrogens is 2. The Labute approximate surface area is 205 Å². The SMILES string of the molecule is O=C(c1ccccc1-c1ccc(Cn2cccn2)cc1)N1CCN(S(=O)(=O)c2ccccc2)CC1. The summed E-state index contributed by atoms with van der Waals surface area (Å²) in [5.41, 5.74) is 3.56. The quantitative estimate of drug-likeness (QED) is 0.416. The Morgan fingerprint density at radius 3 is 2.17 bits per heavy atom. The topological polar surface area (TPSA) is 75.5 Å². The van der Waals surface area contributed by atoms with Crippen molar-refractivity contribution in [2.45, 2.75) is 11.4 Å². The van der Waals surface area contributed by atoms with Crippen LogP contribution >= 0.6 is 0 Å². The molecule has 0 aliphatic carbocycles. The van der Waals surface area contributed by atoms with Gasteiger partial charge in [0.05, 0.1) is 11.4 Å². The van der Waals surface area contributed by atoms with E-state index in [1.807, 2.05) is 65.5 Å². The maximum atomic E-state index is 13.4. The van der Waals surface area contributed by atoms with E-state index in [0.717, 1.165) is 16.7 Å². The van der Waals surface area contributed by atoms with Crippen molar-refractivity contribution in [3.8, 4) is 11.1 Å². The summed E-state index contributed by atoms with van der Waals surface area (Å²) in [5.74, 6) is -0.0852. The lowest BCUT2D eigenvalue weighted by molar-refractivity contribution is 0.0698. The molecule has 1 amide bonds. The summed E-state index contributed by atoms with van der Waals surface area (Å²) >= 11 is 0. The van der Waals surface area contributed by atoms with Gasteiger partial charge in [-0.2, -0.15) is 9.40 Å². The molecule has 0 radical (unpaired) electrons. The highest BCUT2D eigenvalue weighted by atomic mass is 32.2. The molecule has 178 valence electrons. The lowest BCUT2D eigenvalue weighted by atomic mass is 9.97. The van der Waals surface area contributed by atoms with Gasteiger partial charge in [0.15, 0.2) is 0 Å². The summed E-state index contributed by atoms with van der Waals surface area (Å²) in [4.78, 5) is 15.5. The highest BCUT2D eigenvalue weighted by Gasteiger charge is 2.31. The second-order valence-electron chi connectivity index (χ2n) is 8.46. The van der Waals surface area contributed by atoms with Gasteiger partial charge >= 0.3 is 0 Å². The zero-order valence-corrected chi connectivity index (χ0v) is 20.0. The zero-order chi connectivity index (χ0) is 24.3. The lowest BCUT2D eigenvalue weighted by Gasteiger charge is -2.34. The number of benzene rings is 3. The van der Waals surface area contributed by atoms with Crippen LogP contribution in [0.5, 0.6) is 0 Å². The van der Waals surface area contributed by atoms with E-state index in [4.69, 9.17) is 0 Å². The first kappa shape index (κ1) is 23.0. The average molecular weight is 487 g/mol. The Kier molecular flexibility index (Phi) is 6.48. The van der Waals surface area contributed by atoms with Crippen LogP contribution in [0.2, 0.25) is 0 Å². The van der Waals surface area contributed by atoms with Gasteiger partial charge in [0.25, 0.3) is 5.91 Å². The highest BCUT2D eigenvalue weighted by molar-refractivity contribution is 7.89. The maximum absolute atomic E-state index is 13.4. The minimum absolute atomic E-state index is 0.0852. The Hall–Kier alpha value is -3.75. The minimum atomic E-state index is -3.56. The number of carbonyl (C=O) groups is 1. The van der Waals surface area contributed by atoms with Crippen LogP contribution in [0.4, 0.5) is 0 Å². The van der Waals surface area contributed by atoms with Gasteiger partial charge < -0.3 is 4.90 Å². The first-order valence-electron chi connectivity index (χ1n) is 11.5. The standard InChI is InChI=1S/C27H26N4O3S/c32-27(29-17-19-31(20-18-29)35(33,34)24-7-2-1-3-8-24)26-10-5-4-9-25(26)23-13-11-22(12-14-23)21-30-16-6-15-28-30/h1-16H,17-21H2. The number of hydrogen-bond acceptors (Lipinski definition) is 4. The number of amides is 1. The Balaban J connectivity index is 1.30. The molecule has 1 aliphatic heterocycles. The normalized spacial score (nSPS) is 14.7. The van der Waals surface area contributed by atoms with Crippen LogP contribution in [0.3, 0.4) is 0 Å². The van der Waals surface area contributed by atoms with Crippen LogP contribution in [0.15, 0.2) is 102 Å². The number of hydrogen-bond donors (Lipinski definition) is 0. The van der Waals surface area contributed by atoms with Gasteiger partial charge in [-0.1, -0.05) is 60.7 Å². The number of piperazine rings is 1. The molecule has 1 aliphatic rings. The summed E-state index contributed by atoms with van der Waals surface area (Å²) in [6, 6.07) is 26.0. The van der Waals surface area contributed by atoms with Crippen LogP contribution in [-0.4, -0.2) is 59.5 Å². The lowest BCUT2D eigenvalue weighted by Crippen LogP contribution is -2.50. The third-order valence-electron chi connectivity index (χ3n) is 6.23. The molecule has 0 spiro atoms. The predicted octanol–water partition coefficient (Wildman–Crippen LogP) is 3.75. The van der Waals surface area contributed by atoms with Crippen molar-refractivity contribution in [2.24, 2.45) is 0 Å². The smallest absolute Gasteiger partial charge is 0.254 e. The van der Waals surface area contributed by atoms with Crippen molar-refractivity contribution >= 4 is 15.9 Å². The van der Waals surface area contributed by atoms with E-state index < -0.39 is 10.0 Å². The molecule has 7 nitrogen and oxygen atoms in total. The Morgan fingerprint density at radius 2 is 1.49 bits per heavy atom. The molecular weight excluding hydrogens is 460 g/mol. The number of rotatable bonds is 6. The van der Waals surface area contributed by atoms with Crippen molar-refractivity contribution in [3.63, 3.8) is 0 Å². The van der Waals surface area contributed by atoms with Crippen molar-refractivity contribution in [1.82, 2.24) is 19.0 Å². The van der Waals surface area contributed by atoms with Crippen molar-refractivity contribution in [3.05, 3.63) is 108 Å². The molecule has 4 aromatic rings. The van der Waals surface area contributed by atoms with Crippen LogP contribution in [0.25, 0.3) is 11.1 Å². The van der Waals surface area contributed by atoms with Gasteiger partial charge in [-0.05, 0) is 41.0 Å². The molecule has 1 saturated heterocycles. The van der Waals surface area contributed by atoms with Gasteiger partial charge in [-0.25, -0.2) is 8.42 Å². The van der Waals surface area contributed by atoms with E-state index >= 15 is 0 Å². The second kappa shape index (κ2) is 9.85. The molecule has 8 heteroatoms. The van der Waals surface area contributed by atoms with Gasteiger partial charge in [0, 0.05) is 44.1 Å². The predicted molar refractivity (Wildman–Crippen MR) is 134 cm³/mol. The first-order valence-corrected chi connectivity index (χ1v) is 13.0. The van der Waals surface area contributed by atoms with Crippen LogP contribution in [0.1, 0.15) is 15.9 Å². The fraction of sp³-hybridized carbons (Fsp3) is 0.185. The molecule has 2 heterocycles. The minimum Gasteiger partial charge on any atom is -0.336 e. The summed E-state index contributed by atoms with van der Waals surface area (Å²) in [6.07, 6.45) is 3.68. The number of sulfonamides is 1. The molecule has 1 fully saturated rings. The second-order valence-corrected chi connectivity index (χ2v) is 10.4. The van der Waals surface area contributed by atoms with Gasteiger partial charge in [-0.15, -0.1) is 0 Å². The Morgan fingerprint density at radius 1 is 0.800 bits per heavy atom. The first-order chi connectivity index (χ1) is 17.0. The molecule has 0 saturated carbocycles. The maximum Gasteiger partial charge on any atom is 0.254 e. The third kappa shape index (κ3) is 4.89. The molecule has 5 rings (SSSR count). The van der Waals surface area contributed by atoms with Crippen molar-refractivity contribution in [1.29, 1.82) is 0 Å². The molecule has 0 N–H and O–H groups in total. The average Bonchev–Trinajstić information content (AvgIpc) is 3.42. The number of carbonyl (C=O) groups excluding carboxylic acids is 1. The fourth-order valence-electron chi connectivity index (χ4n) is 4.34. The van der Waals surface area contributed by atoms with Gasteiger partial charge in [0.1, 0.15) is 0 Å². The number of nitrogens with zero attached hydrogens (tertiary/aromatic N) is 4. The van der Waals surface area contributed by atoms with Crippen molar-refractivity contribution < 1.29 is 13.2 Å². The summed E-state index contributed by atoms with van der Waals surface area (Å²) in [6.45, 7) is 1.93. The summed E-state index contributed by atoms with van der Waals surface area (Å²) in [5, 5.41) is 4.24. The molecule has 1 aromatic heterocycles. The molecular formula is C27H26N4O3S. The molecule has 0 atom stereocenters. The third-order valence-corrected chi connectivity index (χ3v) is 8.15. The molecule has 35 heavy (non-hydrogen) atoms.